The summed E-state index contributed by atoms with van der Waals surface area (Å²) in [5, 5.41) is 2.45. The molecule has 0 aliphatic carbocycles. The summed E-state index contributed by atoms with van der Waals surface area (Å²) in [5.74, 6) is -5.50. The molecule has 1 fully saturated rings. The van der Waals surface area contributed by atoms with Crippen LogP contribution in [0.25, 0.3) is 0 Å². The molecule has 116 valence electrons. The lowest BCUT2D eigenvalue weighted by atomic mass is 9.86. The Bertz CT molecular complexity index is 393. The first kappa shape index (κ1) is 16.7. The van der Waals surface area contributed by atoms with Crippen LogP contribution in [0.2, 0.25) is 0 Å². The van der Waals surface area contributed by atoms with Crippen LogP contribution >= 0.6 is 0 Å². The van der Waals surface area contributed by atoms with E-state index in [4.69, 9.17) is 0 Å². The van der Waals surface area contributed by atoms with Gasteiger partial charge in [-0.3, -0.25) is 9.59 Å². The number of halogens is 4. The van der Waals surface area contributed by atoms with Crippen LogP contribution in [0.3, 0.4) is 0 Å². The van der Waals surface area contributed by atoms with Gasteiger partial charge in [0.05, 0.1) is 6.54 Å². The van der Waals surface area contributed by atoms with E-state index in [9.17, 15) is 27.2 Å². The van der Waals surface area contributed by atoms with E-state index < -0.39 is 42.2 Å². The number of amides is 2. The number of hydrogen-bond acceptors (Lipinski definition) is 2. The van der Waals surface area contributed by atoms with Gasteiger partial charge in [0, 0.05) is 13.0 Å². The minimum absolute atomic E-state index is 0.183. The number of alkyl halides is 4. The summed E-state index contributed by atoms with van der Waals surface area (Å²) in [4.78, 5) is 24.3. The van der Waals surface area contributed by atoms with Crippen molar-refractivity contribution in [3.05, 3.63) is 0 Å². The van der Waals surface area contributed by atoms with E-state index in [1.165, 1.54) is 0 Å². The Labute approximate surface area is 114 Å². The highest BCUT2D eigenvalue weighted by molar-refractivity contribution is 5.90. The highest BCUT2D eigenvalue weighted by atomic mass is 19.3. The van der Waals surface area contributed by atoms with Crippen molar-refractivity contribution >= 4 is 11.8 Å². The van der Waals surface area contributed by atoms with Crippen LogP contribution in [0.15, 0.2) is 0 Å². The topological polar surface area (TPSA) is 49.4 Å². The predicted molar refractivity (Wildman–Crippen MR) is 63.5 cm³/mol. The Morgan fingerprint density at radius 2 is 1.85 bits per heavy atom. The highest BCUT2D eigenvalue weighted by Gasteiger charge is 2.46. The van der Waals surface area contributed by atoms with E-state index in [0.717, 1.165) is 0 Å². The molecule has 0 aromatic heterocycles. The van der Waals surface area contributed by atoms with Gasteiger partial charge in [0.15, 0.2) is 0 Å². The summed E-state index contributed by atoms with van der Waals surface area (Å²) >= 11 is 0. The minimum Gasteiger partial charge on any atom is -0.344 e. The maximum atomic E-state index is 13.1. The second-order valence-corrected chi connectivity index (χ2v) is 5.94. The molecule has 1 heterocycles. The molecule has 1 rings (SSSR count). The lowest BCUT2D eigenvalue weighted by Crippen LogP contribution is -2.54. The second-order valence-electron chi connectivity index (χ2n) is 5.94. The normalized spacial score (nSPS) is 22.0. The summed E-state index contributed by atoms with van der Waals surface area (Å²) in [6.07, 6.45) is -4.03. The molecule has 8 heteroatoms. The first-order valence-electron chi connectivity index (χ1n) is 6.19. The number of nitrogens with zero attached hydrogens (tertiary/aromatic N) is 1. The van der Waals surface area contributed by atoms with Crippen molar-refractivity contribution in [3.63, 3.8) is 0 Å². The molecule has 2 amide bonds. The zero-order chi connectivity index (χ0) is 15.7. The van der Waals surface area contributed by atoms with E-state index in [-0.39, 0.29) is 13.0 Å². The zero-order valence-electron chi connectivity index (χ0n) is 11.6. The first-order valence-corrected chi connectivity index (χ1v) is 6.19. The number of hydrogen-bond donors (Lipinski definition) is 1. The largest absolute Gasteiger partial charge is 0.344 e. The summed E-state index contributed by atoms with van der Waals surface area (Å²) in [5.41, 5.74) is -0.699. The van der Waals surface area contributed by atoms with Gasteiger partial charge in [-0.25, -0.2) is 8.78 Å². The molecule has 0 aromatic carbocycles. The van der Waals surface area contributed by atoms with Gasteiger partial charge in [-0.05, 0) is 5.41 Å². The van der Waals surface area contributed by atoms with Gasteiger partial charge >= 0.3 is 12.3 Å². The smallest absolute Gasteiger partial charge is 0.324 e. The number of carbonyl (C=O) groups excluding carboxylic acids is 2. The molecule has 0 saturated carbocycles. The fraction of sp³-hybridized carbons (Fsp3) is 0.833. The molecular weight excluding hydrogens is 280 g/mol. The first-order chi connectivity index (χ1) is 8.95. The standard InChI is InChI=1S/C12H18F4N2O2/c1-11(2,3)8-9(20)18(5-4-7(19)17-8)6-12(15,16)10(13)14/h8,10H,4-6H2,1-3H3,(H,17,19). The van der Waals surface area contributed by atoms with Crippen LogP contribution in [-0.4, -0.2) is 48.2 Å². The minimum atomic E-state index is -4.29. The number of carbonyl (C=O) groups is 2. The predicted octanol–water partition coefficient (Wildman–Crippen LogP) is 1.65. The molecular formula is C12H18F4N2O2. The van der Waals surface area contributed by atoms with Crippen LogP contribution in [0, 0.1) is 5.41 Å². The lowest BCUT2D eigenvalue weighted by Gasteiger charge is -2.33. The average Bonchev–Trinajstić information content (AvgIpc) is 2.40. The molecule has 1 unspecified atom stereocenters. The molecule has 0 bridgehead atoms. The number of nitrogens with one attached hydrogen (secondary N) is 1. The van der Waals surface area contributed by atoms with E-state index >= 15 is 0 Å². The Kier molecular flexibility index (Phi) is 4.66. The third kappa shape index (κ3) is 3.83. The monoisotopic (exact) mass is 298 g/mol. The molecule has 1 atom stereocenters. The average molecular weight is 298 g/mol. The Morgan fingerprint density at radius 3 is 2.30 bits per heavy atom. The van der Waals surface area contributed by atoms with Crippen LogP contribution in [-0.2, 0) is 9.59 Å². The van der Waals surface area contributed by atoms with Gasteiger partial charge in [0.2, 0.25) is 11.8 Å². The van der Waals surface area contributed by atoms with E-state index in [1.807, 2.05) is 0 Å². The third-order valence-corrected chi connectivity index (χ3v) is 3.06. The van der Waals surface area contributed by atoms with Gasteiger partial charge in [-0.2, -0.15) is 8.78 Å². The van der Waals surface area contributed by atoms with Gasteiger partial charge in [-0.15, -0.1) is 0 Å². The van der Waals surface area contributed by atoms with Crippen LogP contribution in [0.4, 0.5) is 17.6 Å². The fourth-order valence-electron chi connectivity index (χ4n) is 1.89. The Balaban J connectivity index is 2.96. The van der Waals surface area contributed by atoms with Crippen LogP contribution in [0.1, 0.15) is 27.2 Å². The van der Waals surface area contributed by atoms with Gasteiger partial charge in [-0.1, -0.05) is 20.8 Å². The third-order valence-electron chi connectivity index (χ3n) is 3.06. The van der Waals surface area contributed by atoms with E-state index in [1.54, 1.807) is 20.8 Å². The molecule has 20 heavy (non-hydrogen) atoms. The van der Waals surface area contributed by atoms with E-state index in [0.29, 0.717) is 4.90 Å². The van der Waals surface area contributed by atoms with Crippen molar-refractivity contribution in [1.29, 1.82) is 0 Å². The maximum Gasteiger partial charge on any atom is 0.324 e. The van der Waals surface area contributed by atoms with Crippen molar-refractivity contribution in [2.24, 2.45) is 5.41 Å². The van der Waals surface area contributed by atoms with Crippen molar-refractivity contribution in [1.82, 2.24) is 10.2 Å². The van der Waals surface area contributed by atoms with E-state index in [2.05, 4.69) is 5.32 Å². The van der Waals surface area contributed by atoms with Crippen LogP contribution < -0.4 is 5.32 Å². The van der Waals surface area contributed by atoms with Crippen molar-refractivity contribution in [3.8, 4) is 0 Å². The second kappa shape index (κ2) is 5.57. The quantitative estimate of drug-likeness (QED) is 0.806. The molecule has 1 aliphatic heterocycles. The fourth-order valence-corrected chi connectivity index (χ4v) is 1.89. The molecule has 0 aromatic rings. The summed E-state index contributed by atoms with van der Waals surface area (Å²) in [6.45, 7) is 3.30. The van der Waals surface area contributed by atoms with Gasteiger partial charge in [0.25, 0.3) is 0 Å². The van der Waals surface area contributed by atoms with Crippen molar-refractivity contribution < 1.29 is 27.2 Å². The molecule has 0 spiro atoms. The molecule has 0 radical (unpaired) electrons. The van der Waals surface area contributed by atoms with Crippen molar-refractivity contribution in [2.75, 3.05) is 13.1 Å². The molecule has 1 aliphatic rings. The number of rotatable bonds is 3. The SMILES string of the molecule is CC(C)(C)C1NC(=O)CCN(CC(F)(F)C(F)F)C1=O. The molecule has 4 nitrogen and oxygen atoms in total. The highest BCUT2D eigenvalue weighted by Crippen LogP contribution is 2.27. The Hall–Kier alpha value is -1.34. The molecule has 1 N–H and O–H groups in total. The molecule has 1 saturated heterocycles. The lowest BCUT2D eigenvalue weighted by molar-refractivity contribution is -0.158. The Morgan fingerprint density at radius 1 is 1.30 bits per heavy atom. The summed E-state index contributed by atoms with van der Waals surface area (Å²) in [6, 6.07) is -1.01. The zero-order valence-corrected chi connectivity index (χ0v) is 11.6. The van der Waals surface area contributed by atoms with Crippen LogP contribution in [0.5, 0.6) is 0 Å². The maximum absolute atomic E-state index is 13.1. The van der Waals surface area contributed by atoms with Crippen molar-refractivity contribution in [2.45, 2.75) is 45.6 Å². The van der Waals surface area contributed by atoms with Gasteiger partial charge < -0.3 is 10.2 Å². The summed E-state index contributed by atoms with van der Waals surface area (Å²) < 4.78 is 50.7. The summed E-state index contributed by atoms with van der Waals surface area (Å²) in [7, 11) is 0. The van der Waals surface area contributed by atoms with Gasteiger partial charge in [0.1, 0.15) is 6.04 Å².